The minimum atomic E-state index is -0.713. The third-order valence-electron chi connectivity index (χ3n) is 4.65. The Morgan fingerprint density at radius 3 is 2.50 bits per heavy atom. The summed E-state index contributed by atoms with van der Waals surface area (Å²) in [6.45, 7) is 5.52. The van der Waals surface area contributed by atoms with Gasteiger partial charge in [-0.15, -0.1) is 0 Å². The average molecular weight is 412 g/mol. The largest absolute Gasteiger partial charge is 0.447 e. The highest BCUT2D eigenvalue weighted by Crippen LogP contribution is 2.28. The molecule has 3 heterocycles. The van der Waals surface area contributed by atoms with Gasteiger partial charge in [0.15, 0.2) is 5.82 Å². The third-order valence-corrected chi connectivity index (χ3v) is 4.65. The molecule has 4 rings (SSSR count). The van der Waals surface area contributed by atoms with Gasteiger partial charge < -0.3 is 26.8 Å². The summed E-state index contributed by atoms with van der Waals surface area (Å²) in [6.07, 6.45) is 2.85. The van der Waals surface area contributed by atoms with E-state index in [2.05, 4.69) is 35.5 Å². The summed E-state index contributed by atoms with van der Waals surface area (Å²) in [6, 6.07) is 7.92. The summed E-state index contributed by atoms with van der Waals surface area (Å²) in [5, 5.41) is 7.87. The quantitative estimate of drug-likeness (QED) is 0.510. The number of hydrogen-bond donors (Lipinski definition) is 4. The summed E-state index contributed by atoms with van der Waals surface area (Å²) in [5.74, 6) is 1.70. The van der Waals surface area contributed by atoms with Crippen LogP contribution in [0.25, 0.3) is 22.2 Å². The molecule has 1 aromatic carbocycles. The maximum absolute atomic E-state index is 9.81. The molecule has 10 heteroatoms. The van der Waals surface area contributed by atoms with Crippen molar-refractivity contribution >= 4 is 34.6 Å². The number of carbonyl (C=O) groups excluding carboxylic acids is 1. The number of nitrogens with zero attached hydrogens (tertiary/aromatic N) is 4. The van der Waals surface area contributed by atoms with Crippen LogP contribution in [-0.2, 0) is 4.74 Å². The molecule has 0 saturated carbocycles. The Balaban J connectivity index is 0.000000318. The van der Waals surface area contributed by atoms with E-state index in [9.17, 15) is 4.79 Å². The molecule has 0 radical (unpaired) electrons. The SMILES string of the molecule is CC(C)OC(N)=O.Nc1nc(-c2ccc3c(N)n[nH]c3c2)cc(N2CCCCC2)n1. The molecule has 0 unspecified atom stereocenters. The first-order chi connectivity index (χ1) is 14.3. The van der Waals surface area contributed by atoms with Crippen molar-refractivity contribution in [1.29, 1.82) is 0 Å². The second kappa shape index (κ2) is 9.29. The Labute approximate surface area is 174 Å². The number of aromatic nitrogens is 4. The standard InChI is InChI=1S/C16H19N7.C4H9NO2/c17-15-11-5-4-10(8-13(11)21-22-15)12-9-14(20-16(18)19-12)23-6-2-1-3-7-23;1-3(2)7-4(5)6/h4-5,8-9H,1-3,6-7H2,(H3,17,21,22)(H2,18,19,20);3H,1-2H3,(H2,5,6). The number of aromatic amines is 1. The molecule has 1 aliphatic heterocycles. The highest BCUT2D eigenvalue weighted by atomic mass is 16.6. The molecular formula is C20H28N8O2. The highest BCUT2D eigenvalue weighted by Gasteiger charge is 2.15. The Morgan fingerprint density at radius 2 is 1.87 bits per heavy atom. The van der Waals surface area contributed by atoms with Crippen LogP contribution in [0.15, 0.2) is 24.3 Å². The zero-order valence-electron chi connectivity index (χ0n) is 17.3. The van der Waals surface area contributed by atoms with Crippen LogP contribution in [0.3, 0.4) is 0 Å². The summed E-state index contributed by atoms with van der Waals surface area (Å²) in [5.41, 5.74) is 19.0. The van der Waals surface area contributed by atoms with E-state index >= 15 is 0 Å². The Kier molecular flexibility index (Phi) is 6.55. The van der Waals surface area contributed by atoms with Gasteiger partial charge in [0.05, 0.1) is 17.3 Å². The fraction of sp³-hybridized carbons (Fsp3) is 0.400. The molecule has 7 N–H and O–H groups in total. The van der Waals surface area contributed by atoms with Crippen LogP contribution >= 0.6 is 0 Å². The number of amides is 1. The van der Waals surface area contributed by atoms with Gasteiger partial charge in [-0.3, -0.25) is 5.10 Å². The molecule has 2 aromatic heterocycles. The van der Waals surface area contributed by atoms with Crippen LogP contribution in [0.4, 0.5) is 22.4 Å². The zero-order chi connectivity index (χ0) is 21.7. The molecule has 10 nitrogen and oxygen atoms in total. The van der Waals surface area contributed by atoms with Crippen molar-refractivity contribution in [3.63, 3.8) is 0 Å². The smallest absolute Gasteiger partial charge is 0.404 e. The number of carbonyl (C=O) groups is 1. The molecule has 30 heavy (non-hydrogen) atoms. The number of benzene rings is 1. The van der Waals surface area contributed by atoms with Gasteiger partial charge in [0, 0.05) is 30.1 Å². The van der Waals surface area contributed by atoms with E-state index in [1.807, 2.05) is 24.3 Å². The van der Waals surface area contributed by atoms with Crippen molar-refractivity contribution in [2.24, 2.45) is 5.73 Å². The highest BCUT2D eigenvalue weighted by molar-refractivity contribution is 5.91. The first kappa shape index (κ1) is 21.2. The number of piperidine rings is 1. The number of hydrogen-bond acceptors (Lipinski definition) is 8. The van der Waals surface area contributed by atoms with Crippen LogP contribution in [0.1, 0.15) is 33.1 Å². The van der Waals surface area contributed by atoms with Crippen molar-refractivity contribution in [3.05, 3.63) is 24.3 Å². The fourth-order valence-electron chi connectivity index (χ4n) is 3.32. The number of nitrogens with one attached hydrogen (secondary N) is 1. The second-order valence-electron chi connectivity index (χ2n) is 7.37. The predicted molar refractivity (Wildman–Crippen MR) is 118 cm³/mol. The maximum atomic E-state index is 9.81. The van der Waals surface area contributed by atoms with Gasteiger partial charge in [0.2, 0.25) is 5.95 Å². The van der Waals surface area contributed by atoms with E-state index in [4.69, 9.17) is 11.5 Å². The van der Waals surface area contributed by atoms with E-state index in [1.54, 1.807) is 13.8 Å². The number of nitrogens with two attached hydrogens (primary N) is 3. The summed E-state index contributed by atoms with van der Waals surface area (Å²) < 4.78 is 4.39. The first-order valence-electron chi connectivity index (χ1n) is 9.93. The normalized spacial score (nSPS) is 13.8. The Hall–Kier alpha value is -3.56. The van der Waals surface area contributed by atoms with Crippen LogP contribution in [-0.4, -0.2) is 45.5 Å². The molecule has 0 aliphatic carbocycles. The summed E-state index contributed by atoms with van der Waals surface area (Å²) in [7, 11) is 0. The molecule has 0 spiro atoms. The van der Waals surface area contributed by atoms with Crippen molar-refractivity contribution in [3.8, 4) is 11.3 Å². The van der Waals surface area contributed by atoms with Crippen LogP contribution in [0.5, 0.6) is 0 Å². The minimum Gasteiger partial charge on any atom is -0.447 e. The molecule has 160 valence electrons. The lowest BCUT2D eigenvalue weighted by Crippen LogP contribution is -2.30. The number of rotatable bonds is 3. The molecule has 1 fully saturated rings. The zero-order valence-corrected chi connectivity index (χ0v) is 17.3. The second-order valence-corrected chi connectivity index (χ2v) is 7.37. The van der Waals surface area contributed by atoms with Crippen molar-refractivity contribution in [2.45, 2.75) is 39.2 Å². The van der Waals surface area contributed by atoms with Gasteiger partial charge in [-0.05, 0) is 45.2 Å². The maximum Gasteiger partial charge on any atom is 0.404 e. The average Bonchev–Trinajstić information content (AvgIpc) is 3.08. The number of nitrogen functional groups attached to an aromatic ring is 2. The van der Waals surface area contributed by atoms with Gasteiger partial charge in [0.1, 0.15) is 5.82 Å². The monoisotopic (exact) mass is 412 g/mol. The van der Waals surface area contributed by atoms with Crippen LogP contribution < -0.4 is 22.1 Å². The first-order valence-corrected chi connectivity index (χ1v) is 9.93. The minimum absolute atomic E-state index is 0.0995. The van der Waals surface area contributed by atoms with E-state index in [-0.39, 0.29) is 6.10 Å². The molecule has 0 bridgehead atoms. The van der Waals surface area contributed by atoms with E-state index < -0.39 is 6.09 Å². The lowest BCUT2D eigenvalue weighted by Gasteiger charge is -2.28. The third kappa shape index (κ3) is 5.28. The number of anilines is 3. The lowest BCUT2D eigenvalue weighted by atomic mass is 10.1. The molecule has 1 aliphatic rings. The number of ether oxygens (including phenoxy) is 1. The topological polar surface area (TPSA) is 162 Å². The molecule has 1 saturated heterocycles. The van der Waals surface area contributed by atoms with Crippen molar-refractivity contribution < 1.29 is 9.53 Å². The van der Waals surface area contributed by atoms with E-state index in [0.29, 0.717) is 11.8 Å². The van der Waals surface area contributed by atoms with Crippen molar-refractivity contribution in [1.82, 2.24) is 20.2 Å². The van der Waals surface area contributed by atoms with Gasteiger partial charge in [0.25, 0.3) is 0 Å². The van der Waals surface area contributed by atoms with Crippen molar-refractivity contribution in [2.75, 3.05) is 29.5 Å². The number of primary amides is 1. The summed E-state index contributed by atoms with van der Waals surface area (Å²) >= 11 is 0. The van der Waals surface area contributed by atoms with Gasteiger partial charge in [-0.2, -0.15) is 10.1 Å². The van der Waals surface area contributed by atoms with E-state index in [0.717, 1.165) is 41.1 Å². The summed E-state index contributed by atoms with van der Waals surface area (Å²) in [4.78, 5) is 20.9. The predicted octanol–water partition coefficient (Wildman–Crippen LogP) is 2.66. The molecular weight excluding hydrogens is 384 g/mol. The fourth-order valence-corrected chi connectivity index (χ4v) is 3.32. The Morgan fingerprint density at radius 1 is 1.13 bits per heavy atom. The van der Waals surface area contributed by atoms with Crippen LogP contribution in [0.2, 0.25) is 0 Å². The van der Waals surface area contributed by atoms with Gasteiger partial charge in [-0.25, -0.2) is 9.78 Å². The Bertz CT molecular complexity index is 1010. The number of H-pyrrole nitrogens is 1. The van der Waals surface area contributed by atoms with Gasteiger partial charge in [-0.1, -0.05) is 6.07 Å². The molecule has 3 aromatic rings. The van der Waals surface area contributed by atoms with E-state index in [1.165, 1.54) is 19.3 Å². The van der Waals surface area contributed by atoms with Gasteiger partial charge >= 0.3 is 6.09 Å². The number of fused-ring (bicyclic) bond motifs is 1. The lowest BCUT2D eigenvalue weighted by molar-refractivity contribution is 0.125. The molecule has 0 atom stereocenters. The molecule has 1 amide bonds. The van der Waals surface area contributed by atoms with Crippen LogP contribution in [0, 0.1) is 0 Å².